The second-order valence-electron chi connectivity index (χ2n) is 6.50. The number of hydrogen-bond donors (Lipinski definition) is 0. The standard InChI is InChI=1S/C21H9Cl4N3O2S/c22-11-2-4-13(15(24)8-11)19-26-21-28(27-19)20(29)18(31-21)9-12-3-6-17(30-12)10-1-5-14(23)16(25)7-10/h1-9H/b18-9-. The summed E-state index contributed by atoms with van der Waals surface area (Å²) in [5, 5.41) is 6.13. The van der Waals surface area contributed by atoms with Crippen molar-refractivity contribution in [3.63, 3.8) is 0 Å². The summed E-state index contributed by atoms with van der Waals surface area (Å²) < 4.78 is 7.54. The summed E-state index contributed by atoms with van der Waals surface area (Å²) >= 11 is 25.4. The highest BCUT2D eigenvalue weighted by atomic mass is 35.5. The fourth-order valence-corrected chi connectivity index (χ4v) is 4.66. The number of furan rings is 1. The summed E-state index contributed by atoms with van der Waals surface area (Å²) in [5.74, 6) is 1.48. The monoisotopic (exact) mass is 507 g/mol. The van der Waals surface area contributed by atoms with Crippen LogP contribution in [0.15, 0.2) is 57.7 Å². The van der Waals surface area contributed by atoms with E-state index in [1.165, 1.54) is 15.9 Å². The number of aromatic nitrogens is 3. The first kappa shape index (κ1) is 20.5. The van der Waals surface area contributed by atoms with E-state index in [9.17, 15) is 4.79 Å². The van der Waals surface area contributed by atoms with E-state index in [2.05, 4.69) is 10.1 Å². The Morgan fingerprint density at radius 1 is 0.935 bits per heavy atom. The predicted molar refractivity (Wildman–Crippen MR) is 126 cm³/mol. The summed E-state index contributed by atoms with van der Waals surface area (Å²) in [6, 6.07) is 13.8. The molecule has 0 amide bonds. The second kappa shape index (κ2) is 7.97. The molecule has 0 atom stereocenters. The van der Waals surface area contributed by atoms with Crippen LogP contribution >= 0.6 is 57.7 Å². The van der Waals surface area contributed by atoms with Gasteiger partial charge in [0.05, 0.1) is 15.1 Å². The minimum Gasteiger partial charge on any atom is -0.457 e. The Morgan fingerprint density at radius 3 is 2.52 bits per heavy atom. The molecule has 5 rings (SSSR count). The smallest absolute Gasteiger partial charge is 0.291 e. The normalized spacial score (nSPS) is 12.2. The zero-order valence-electron chi connectivity index (χ0n) is 15.3. The molecule has 0 bridgehead atoms. The highest BCUT2D eigenvalue weighted by molar-refractivity contribution is 7.15. The molecule has 0 fully saturated rings. The Kier molecular flexibility index (Phi) is 5.28. The zero-order valence-corrected chi connectivity index (χ0v) is 19.1. The first-order chi connectivity index (χ1) is 14.9. The van der Waals surface area contributed by atoms with Gasteiger partial charge < -0.3 is 4.42 Å². The molecule has 5 aromatic rings. The van der Waals surface area contributed by atoms with Crippen LogP contribution < -0.4 is 10.1 Å². The molecule has 31 heavy (non-hydrogen) atoms. The molecular weight excluding hydrogens is 500 g/mol. The number of thiazole rings is 1. The van der Waals surface area contributed by atoms with E-state index in [0.29, 0.717) is 52.5 Å². The van der Waals surface area contributed by atoms with Crippen molar-refractivity contribution in [2.24, 2.45) is 0 Å². The van der Waals surface area contributed by atoms with Crippen molar-refractivity contribution in [3.05, 3.63) is 89.3 Å². The van der Waals surface area contributed by atoms with Crippen molar-refractivity contribution in [2.45, 2.75) is 0 Å². The molecule has 0 aliphatic heterocycles. The molecule has 3 heterocycles. The molecule has 0 unspecified atom stereocenters. The minimum atomic E-state index is -0.295. The van der Waals surface area contributed by atoms with E-state index < -0.39 is 0 Å². The summed E-state index contributed by atoms with van der Waals surface area (Å²) in [5.41, 5.74) is 1.09. The zero-order chi connectivity index (χ0) is 21.7. The molecule has 3 aromatic heterocycles. The maximum Gasteiger partial charge on any atom is 0.291 e. The lowest BCUT2D eigenvalue weighted by Gasteiger charge is -1.99. The van der Waals surface area contributed by atoms with Crippen LogP contribution in [0.2, 0.25) is 20.1 Å². The number of halogens is 4. The topological polar surface area (TPSA) is 60.4 Å². The van der Waals surface area contributed by atoms with Crippen molar-refractivity contribution < 1.29 is 4.42 Å². The molecule has 2 aromatic carbocycles. The van der Waals surface area contributed by atoms with Gasteiger partial charge in [0.25, 0.3) is 5.56 Å². The van der Waals surface area contributed by atoms with Crippen LogP contribution in [0.25, 0.3) is 33.7 Å². The van der Waals surface area contributed by atoms with E-state index >= 15 is 0 Å². The van der Waals surface area contributed by atoms with Gasteiger partial charge in [-0.1, -0.05) is 57.7 Å². The lowest BCUT2D eigenvalue weighted by molar-refractivity contribution is 0.571. The van der Waals surface area contributed by atoms with Gasteiger partial charge in [-0.05, 0) is 48.5 Å². The van der Waals surface area contributed by atoms with Crippen molar-refractivity contribution in [1.82, 2.24) is 14.6 Å². The van der Waals surface area contributed by atoms with Gasteiger partial charge >= 0.3 is 0 Å². The lowest BCUT2D eigenvalue weighted by Crippen LogP contribution is -2.23. The van der Waals surface area contributed by atoms with Crippen LogP contribution in [0.1, 0.15) is 5.76 Å². The average molecular weight is 509 g/mol. The van der Waals surface area contributed by atoms with Crippen LogP contribution in [0, 0.1) is 0 Å². The first-order valence-electron chi connectivity index (χ1n) is 8.81. The first-order valence-corrected chi connectivity index (χ1v) is 11.1. The Hall–Kier alpha value is -2.35. The summed E-state index contributed by atoms with van der Waals surface area (Å²) in [6.07, 6.45) is 1.65. The fraction of sp³-hybridized carbons (Fsp3) is 0. The number of hydrogen-bond acceptors (Lipinski definition) is 5. The predicted octanol–water partition coefficient (Wildman–Crippen LogP) is 6.24. The largest absolute Gasteiger partial charge is 0.457 e. The third-order valence-electron chi connectivity index (χ3n) is 4.46. The van der Waals surface area contributed by atoms with Crippen molar-refractivity contribution in [3.8, 4) is 22.7 Å². The fourth-order valence-electron chi connectivity index (χ4n) is 2.98. The number of fused-ring (bicyclic) bond motifs is 1. The molecule has 0 aliphatic rings. The number of nitrogens with zero attached hydrogens (tertiary/aromatic N) is 3. The summed E-state index contributed by atoms with van der Waals surface area (Å²) in [4.78, 5) is 17.7. The van der Waals surface area contributed by atoms with Gasteiger partial charge in [-0.25, -0.2) is 0 Å². The van der Waals surface area contributed by atoms with E-state index in [0.717, 1.165) is 5.56 Å². The van der Waals surface area contributed by atoms with E-state index in [-0.39, 0.29) is 5.56 Å². The molecule has 154 valence electrons. The molecule has 0 saturated carbocycles. The van der Waals surface area contributed by atoms with Crippen LogP contribution in [0.3, 0.4) is 0 Å². The number of rotatable bonds is 3. The molecule has 0 radical (unpaired) electrons. The summed E-state index contributed by atoms with van der Waals surface area (Å²) in [6.45, 7) is 0. The minimum absolute atomic E-state index is 0.295. The van der Waals surface area contributed by atoms with Gasteiger partial charge in [0.15, 0.2) is 5.82 Å². The van der Waals surface area contributed by atoms with Crippen LogP contribution in [0.5, 0.6) is 0 Å². The average Bonchev–Trinajstić information content (AvgIpc) is 3.42. The maximum atomic E-state index is 12.8. The Labute approximate surface area is 199 Å². The van der Waals surface area contributed by atoms with Crippen molar-refractivity contribution >= 4 is 68.8 Å². The van der Waals surface area contributed by atoms with Gasteiger partial charge in [0.2, 0.25) is 4.96 Å². The SMILES string of the molecule is O=c1/c(=C/c2ccc(-c3ccc(Cl)c(Cl)c3)o2)sc2nc(-c3ccc(Cl)cc3Cl)nn12. The van der Waals surface area contributed by atoms with Crippen molar-refractivity contribution in [2.75, 3.05) is 0 Å². The van der Waals surface area contributed by atoms with Crippen molar-refractivity contribution in [1.29, 1.82) is 0 Å². The van der Waals surface area contributed by atoms with Gasteiger partial charge in [-0.3, -0.25) is 4.79 Å². The molecule has 0 N–H and O–H groups in total. The number of benzene rings is 2. The van der Waals surface area contributed by atoms with E-state index in [1.807, 2.05) is 6.07 Å². The Bertz CT molecular complexity index is 1570. The highest BCUT2D eigenvalue weighted by Gasteiger charge is 2.15. The molecular formula is C21H9Cl4N3O2S. The van der Waals surface area contributed by atoms with Crippen LogP contribution in [0.4, 0.5) is 0 Å². The van der Waals surface area contributed by atoms with Gasteiger partial charge in [0.1, 0.15) is 16.1 Å². The molecule has 10 heteroatoms. The quantitative estimate of drug-likeness (QED) is 0.289. The van der Waals surface area contributed by atoms with E-state index in [1.54, 1.807) is 48.5 Å². The Morgan fingerprint density at radius 2 is 1.77 bits per heavy atom. The maximum absolute atomic E-state index is 12.8. The third-order valence-corrected chi connectivity index (χ3v) is 6.70. The summed E-state index contributed by atoms with van der Waals surface area (Å²) in [7, 11) is 0. The van der Waals surface area contributed by atoms with Crippen LogP contribution in [-0.4, -0.2) is 14.6 Å². The molecule has 0 saturated heterocycles. The van der Waals surface area contributed by atoms with Gasteiger partial charge in [-0.15, -0.1) is 5.10 Å². The van der Waals surface area contributed by atoms with Crippen LogP contribution in [-0.2, 0) is 0 Å². The lowest BCUT2D eigenvalue weighted by atomic mass is 10.2. The molecule has 0 aliphatic carbocycles. The second-order valence-corrected chi connectivity index (χ2v) is 9.17. The third kappa shape index (κ3) is 3.86. The molecule has 5 nitrogen and oxygen atoms in total. The highest BCUT2D eigenvalue weighted by Crippen LogP contribution is 2.30. The van der Waals surface area contributed by atoms with Gasteiger partial charge in [-0.2, -0.15) is 9.50 Å². The molecule has 0 spiro atoms. The van der Waals surface area contributed by atoms with Gasteiger partial charge in [0, 0.05) is 22.2 Å². The Balaban J connectivity index is 1.52. The van der Waals surface area contributed by atoms with E-state index in [4.69, 9.17) is 50.8 Å².